The summed E-state index contributed by atoms with van der Waals surface area (Å²) in [4.78, 5) is 74.2. The molecule has 2 amide bonds. The van der Waals surface area contributed by atoms with Crippen LogP contribution >= 0.6 is 0 Å². The Morgan fingerprint density at radius 3 is 1.67 bits per heavy atom. The van der Waals surface area contributed by atoms with Gasteiger partial charge in [0.15, 0.2) is 5.78 Å². The van der Waals surface area contributed by atoms with Crippen LogP contribution in [0, 0.1) is 11.8 Å². The second-order valence-electron chi connectivity index (χ2n) is 10.4. The van der Waals surface area contributed by atoms with E-state index in [9.17, 15) is 33.6 Å². The first-order valence-electron chi connectivity index (χ1n) is 15.3. The van der Waals surface area contributed by atoms with Crippen molar-refractivity contribution in [3.05, 3.63) is 0 Å². The molecule has 0 bridgehead atoms. The molecule has 5 atom stereocenters. The Morgan fingerprint density at radius 2 is 1.41 bits per heavy atom. The van der Waals surface area contributed by atoms with Crippen LogP contribution in [0.5, 0.6) is 0 Å². The van der Waals surface area contributed by atoms with E-state index in [2.05, 4.69) is 28.4 Å². The molecule has 0 heterocycles. The Labute approximate surface area is 277 Å². The lowest BCUT2D eigenvalue weighted by atomic mass is 10.0. The number of primary amides is 1. The van der Waals surface area contributed by atoms with Crippen LogP contribution in [0.2, 0.25) is 0 Å². The zero-order valence-electron chi connectivity index (χ0n) is 29.1. The molecular formula is C31H67N7O8. The van der Waals surface area contributed by atoms with Crippen molar-refractivity contribution in [3.63, 3.8) is 0 Å². The van der Waals surface area contributed by atoms with E-state index >= 15 is 0 Å². The highest BCUT2D eigenvalue weighted by Crippen LogP contribution is 2.06. The SMILES string of the molecule is C.CC.CC(=O)[C@H](CC(C)C)NC(=O)C(C)NN[C@H](C=O)C(C)C.CCCN.CN[C@H](C=O)CCC(N)=O.N[C@H](C=O)CC(=O)O. The molecule has 0 rings (SSSR count). The molecule has 274 valence electrons. The molecule has 15 nitrogen and oxygen atoms in total. The normalized spacial score (nSPS) is 12.8. The first-order chi connectivity index (χ1) is 21.0. The topological polar surface area (TPSA) is 266 Å². The fraction of sp³-hybridized carbons (Fsp3) is 0.774. The van der Waals surface area contributed by atoms with Gasteiger partial charge in [0, 0.05) is 6.42 Å². The summed E-state index contributed by atoms with van der Waals surface area (Å²) in [6, 6.07) is -2.46. The number of nitrogens with one attached hydrogen (secondary N) is 4. The molecule has 0 aromatic carbocycles. The number of likely N-dealkylation sites (N-methyl/N-ethyl adjacent to an activating group) is 1. The first-order valence-corrected chi connectivity index (χ1v) is 15.3. The average Bonchev–Trinajstić information content (AvgIpc) is 2.98. The molecule has 0 saturated carbocycles. The van der Waals surface area contributed by atoms with Gasteiger partial charge in [-0.3, -0.25) is 19.2 Å². The average molecular weight is 666 g/mol. The quantitative estimate of drug-likeness (QED) is 0.0703. The third kappa shape index (κ3) is 40.9. The number of amides is 2. The van der Waals surface area contributed by atoms with E-state index < -0.39 is 24.1 Å². The number of hydrazine groups is 1. The third-order valence-electron chi connectivity index (χ3n) is 5.35. The Bertz CT molecular complexity index is 797. The van der Waals surface area contributed by atoms with E-state index in [-0.39, 0.29) is 55.9 Å². The van der Waals surface area contributed by atoms with E-state index in [0.29, 0.717) is 25.0 Å². The molecule has 0 radical (unpaired) electrons. The lowest BCUT2D eigenvalue weighted by molar-refractivity contribution is -0.138. The maximum absolute atomic E-state index is 12.1. The van der Waals surface area contributed by atoms with Crippen molar-refractivity contribution in [1.82, 2.24) is 21.5 Å². The summed E-state index contributed by atoms with van der Waals surface area (Å²) in [7, 11) is 1.67. The standard InChI is InChI=1S/C15H29N3O3.C6H12N2O2.C4H7NO3.C3H9N.C2H6.CH4/c1-9(2)7-13(12(6)20)16-15(21)11(5)17-18-14(8-19)10(3)4;1-8-5(4-9)2-3-6(7)10;5-3(2-6)1-4(7)8;1-2-3-4;1-2;/h8-11,13-14,17-18H,7H2,1-6H3,(H,16,21);4-5,8H,2-3H2,1H3,(H2,7,10);2-3H,1,5H2,(H,7,8);2-4H2,1H3;1-2H3;1H4/t11?,13-,14+;5-;3-;;;/m000.../s1. The van der Waals surface area contributed by atoms with Crippen LogP contribution in [0.25, 0.3) is 0 Å². The number of carboxylic acid groups (broad SMARTS) is 1. The number of carbonyl (C=O) groups is 7. The van der Waals surface area contributed by atoms with E-state index in [1.165, 1.54) is 6.92 Å². The van der Waals surface area contributed by atoms with Crippen molar-refractivity contribution in [2.75, 3.05) is 13.6 Å². The highest BCUT2D eigenvalue weighted by molar-refractivity contribution is 5.89. The van der Waals surface area contributed by atoms with Crippen molar-refractivity contribution in [2.24, 2.45) is 29.0 Å². The fourth-order valence-electron chi connectivity index (χ4n) is 2.57. The largest absolute Gasteiger partial charge is 0.481 e. The molecule has 0 aromatic rings. The number of rotatable bonds is 19. The number of carbonyl (C=O) groups excluding carboxylic acids is 6. The van der Waals surface area contributed by atoms with Crippen molar-refractivity contribution in [2.45, 2.75) is 132 Å². The maximum atomic E-state index is 12.1. The number of Topliss-reactive ketones (excluding diaryl/α,β-unsaturated/α-hetero) is 1. The number of hydrogen-bond donors (Lipinski definition) is 8. The summed E-state index contributed by atoms with van der Waals surface area (Å²) in [6.45, 7) is 17.9. The molecule has 0 fully saturated rings. The number of carboxylic acids is 1. The molecule has 0 aromatic heterocycles. The molecule has 15 heteroatoms. The molecular weight excluding hydrogens is 598 g/mol. The van der Waals surface area contributed by atoms with Gasteiger partial charge in [-0.25, -0.2) is 10.9 Å². The predicted octanol–water partition coefficient (Wildman–Crippen LogP) is 0.856. The van der Waals surface area contributed by atoms with Crippen molar-refractivity contribution in [1.29, 1.82) is 0 Å². The number of nitrogens with two attached hydrogens (primary N) is 3. The maximum Gasteiger partial charge on any atom is 0.305 e. The van der Waals surface area contributed by atoms with Crippen molar-refractivity contribution >= 4 is 42.4 Å². The Morgan fingerprint density at radius 1 is 0.913 bits per heavy atom. The van der Waals surface area contributed by atoms with Crippen molar-refractivity contribution in [3.8, 4) is 0 Å². The summed E-state index contributed by atoms with van der Waals surface area (Å²) in [6.07, 6.45) is 4.14. The molecule has 0 aliphatic heterocycles. The van der Waals surface area contributed by atoms with E-state index in [1.54, 1.807) is 14.0 Å². The molecule has 0 spiro atoms. The van der Waals surface area contributed by atoms with E-state index in [1.807, 2.05) is 41.5 Å². The number of hydrogen-bond acceptors (Lipinski definition) is 12. The predicted molar refractivity (Wildman–Crippen MR) is 184 cm³/mol. The summed E-state index contributed by atoms with van der Waals surface area (Å²) in [5, 5.41) is 13.4. The van der Waals surface area contributed by atoms with Crippen LogP contribution in [0.1, 0.15) is 102 Å². The van der Waals surface area contributed by atoms with Gasteiger partial charge in [-0.05, 0) is 58.5 Å². The third-order valence-corrected chi connectivity index (χ3v) is 5.35. The van der Waals surface area contributed by atoms with Crippen molar-refractivity contribution < 1.29 is 38.7 Å². The van der Waals surface area contributed by atoms with Gasteiger partial charge >= 0.3 is 5.97 Å². The van der Waals surface area contributed by atoms with Gasteiger partial charge in [0.1, 0.15) is 18.9 Å². The minimum Gasteiger partial charge on any atom is -0.481 e. The Kier molecular flexibility index (Phi) is 45.8. The zero-order chi connectivity index (χ0) is 36.5. The monoisotopic (exact) mass is 666 g/mol. The zero-order valence-corrected chi connectivity index (χ0v) is 29.1. The van der Waals surface area contributed by atoms with E-state index in [4.69, 9.17) is 22.3 Å². The first kappa shape index (κ1) is 55.3. The molecule has 46 heavy (non-hydrogen) atoms. The summed E-state index contributed by atoms with van der Waals surface area (Å²) < 4.78 is 0. The second kappa shape index (κ2) is 38.1. The van der Waals surface area contributed by atoms with Gasteiger partial charge in [-0.15, -0.1) is 0 Å². The van der Waals surface area contributed by atoms with Gasteiger partial charge < -0.3 is 47.3 Å². The fourth-order valence-corrected chi connectivity index (χ4v) is 2.57. The smallest absolute Gasteiger partial charge is 0.305 e. The minimum atomic E-state index is -1.05. The van der Waals surface area contributed by atoms with Crippen LogP contribution in [0.15, 0.2) is 0 Å². The van der Waals surface area contributed by atoms with Gasteiger partial charge in [-0.1, -0.05) is 55.9 Å². The summed E-state index contributed by atoms with van der Waals surface area (Å²) in [5.41, 5.74) is 20.5. The lowest BCUT2D eigenvalue weighted by Crippen LogP contribution is -2.55. The van der Waals surface area contributed by atoms with Crippen LogP contribution in [0.4, 0.5) is 0 Å². The van der Waals surface area contributed by atoms with Gasteiger partial charge in [0.2, 0.25) is 11.8 Å². The highest BCUT2D eigenvalue weighted by Gasteiger charge is 2.22. The molecule has 11 N–H and O–H groups in total. The summed E-state index contributed by atoms with van der Waals surface area (Å²) in [5.74, 6) is -1.30. The lowest BCUT2D eigenvalue weighted by Gasteiger charge is -2.23. The Balaban J connectivity index is -0.000000133. The molecule has 0 saturated heterocycles. The minimum absolute atomic E-state index is 0. The Hall–Kier alpha value is -3.11. The molecule has 0 aliphatic carbocycles. The second-order valence-corrected chi connectivity index (χ2v) is 10.4. The highest BCUT2D eigenvalue weighted by atomic mass is 16.4. The van der Waals surface area contributed by atoms with Gasteiger partial charge in [0.25, 0.3) is 0 Å². The van der Waals surface area contributed by atoms with Gasteiger partial charge in [0.05, 0.1) is 36.6 Å². The van der Waals surface area contributed by atoms with Crippen LogP contribution in [0.3, 0.4) is 0 Å². The van der Waals surface area contributed by atoms with E-state index in [0.717, 1.165) is 25.5 Å². The number of aldehydes is 3. The van der Waals surface area contributed by atoms with Crippen LogP contribution in [-0.4, -0.2) is 91.3 Å². The molecule has 1 unspecified atom stereocenters. The molecule has 0 aliphatic rings. The number of ketones is 1. The van der Waals surface area contributed by atoms with Crippen LogP contribution < -0.4 is 38.7 Å². The number of aliphatic carboxylic acids is 1. The van der Waals surface area contributed by atoms with Crippen LogP contribution in [-0.2, 0) is 33.6 Å². The van der Waals surface area contributed by atoms with Gasteiger partial charge in [-0.2, -0.15) is 0 Å². The summed E-state index contributed by atoms with van der Waals surface area (Å²) >= 11 is 0.